The Labute approximate surface area is 209 Å². The molecule has 3 aromatic carbocycles. The van der Waals surface area contributed by atoms with E-state index in [0.29, 0.717) is 27.1 Å². The molecule has 7 nitrogen and oxygen atoms in total. The van der Waals surface area contributed by atoms with Crippen LogP contribution in [0.4, 0.5) is 11.4 Å². The Morgan fingerprint density at radius 1 is 0.714 bits per heavy atom. The third kappa shape index (κ3) is 3.95. The molecular formula is C26H18Cl2N4O3. The minimum Gasteiger partial charge on any atom is -0.355 e. The summed E-state index contributed by atoms with van der Waals surface area (Å²) < 4.78 is 3.76. The first-order chi connectivity index (χ1) is 16.9. The topological polar surface area (TPSA) is 78.0 Å². The monoisotopic (exact) mass is 504 g/mol. The lowest BCUT2D eigenvalue weighted by Crippen LogP contribution is -2.40. The zero-order valence-corrected chi connectivity index (χ0v) is 19.9. The molecule has 0 radical (unpaired) electrons. The molecule has 0 spiro atoms. The highest BCUT2D eigenvalue weighted by Crippen LogP contribution is 2.29. The van der Waals surface area contributed by atoms with Gasteiger partial charge in [0.05, 0.1) is 27.1 Å². The van der Waals surface area contributed by atoms with E-state index in [9.17, 15) is 14.4 Å². The fourth-order valence-corrected chi connectivity index (χ4v) is 4.29. The van der Waals surface area contributed by atoms with Gasteiger partial charge in [0, 0.05) is 18.8 Å². The Hall–Kier alpha value is -4.07. The van der Waals surface area contributed by atoms with Crippen LogP contribution in [-0.4, -0.2) is 13.7 Å². The smallest absolute Gasteiger partial charge is 0.341 e. The fraction of sp³-hybridized carbons (Fsp3) is 0.0385. The van der Waals surface area contributed by atoms with Gasteiger partial charge in [0.2, 0.25) is 0 Å². The Morgan fingerprint density at radius 3 is 1.91 bits per heavy atom. The van der Waals surface area contributed by atoms with Crippen molar-refractivity contribution in [3.05, 3.63) is 126 Å². The van der Waals surface area contributed by atoms with Gasteiger partial charge in [-0.25, -0.2) is 13.9 Å². The van der Waals surface area contributed by atoms with Crippen molar-refractivity contribution in [3.8, 4) is 11.4 Å². The minimum atomic E-state index is -0.596. The molecule has 0 aliphatic rings. The Balaban J connectivity index is 1.94. The molecule has 35 heavy (non-hydrogen) atoms. The summed E-state index contributed by atoms with van der Waals surface area (Å²) in [5.74, 6) is 0. The highest BCUT2D eigenvalue weighted by Gasteiger charge is 2.21. The maximum Gasteiger partial charge on any atom is 0.341 e. The van der Waals surface area contributed by atoms with E-state index in [0.717, 1.165) is 4.57 Å². The van der Waals surface area contributed by atoms with Crippen LogP contribution >= 0.6 is 23.2 Å². The van der Waals surface area contributed by atoms with Gasteiger partial charge in [-0.15, -0.1) is 0 Å². The Bertz CT molecular complexity index is 1760. The Kier molecular flexibility index (Phi) is 5.80. The molecular weight excluding hydrogens is 487 g/mol. The van der Waals surface area contributed by atoms with E-state index in [1.165, 1.54) is 22.2 Å². The first-order valence-electron chi connectivity index (χ1n) is 10.6. The molecule has 2 aromatic heterocycles. The third-order valence-electron chi connectivity index (χ3n) is 5.65. The lowest BCUT2D eigenvalue weighted by molar-refractivity contribution is 0.784. The minimum absolute atomic E-state index is 0.158. The fourth-order valence-electron chi connectivity index (χ4n) is 3.99. The van der Waals surface area contributed by atoms with Gasteiger partial charge in [-0.2, -0.15) is 0 Å². The van der Waals surface area contributed by atoms with Crippen LogP contribution in [0.3, 0.4) is 0 Å². The van der Waals surface area contributed by atoms with Gasteiger partial charge >= 0.3 is 5.69 Å². The molecule has 0 fully saturated rings. The van der Waals surface area contributed by atoms with Crippen molar-refractivity contribution in [2.45, 2.75) is 0 Å². The van der Waals surface area contributed by atoms with E-state index in [1.807, 2.05) is 6.07 Å². The molecule has 5 aromatic rings. The van der Waals surface area contributed by atoms with Crippen molar-refractivity contribution in [1.29, 1.82) is 0 Å². The van der Waals surface area contributed by atoms with Crippen molar-refractivity contribution < 1.29 is 0 Å². The van der Waals surface area contributed by atoms with E-state index in [4.69, 9.17) is 23.2 Å². The molecule has 0 aliphatic carbocycles. The van der Waals surface area contributed by atoms with Crippen LogP contribution in [0.2, 0.25) is 10.0 Å². The predicted molar refractivity (Wildman–Crippen MR) is 140 cm³/mol. The molecule has 0 bridgehead atoms. The molecule has 0 amide bonds. The molecule has 9 heteroatoms. The second-order valence-electron chi connectivity index (χ2n) is 7.84. The van der Waals surface area contributed by atoms with Gasteiger partial charge in [0.1, 0.15) is 11.0 Å². The lowest BCUT2D eigenvalue weighted by Gasteiger charge is -2.19. The average Bonchev–Trinajstić information content (AvgIpc) is 2.85. The zero-order valence-electron chi connectivity index (χ0n) is 18.4. The van der Waals surface area contributed by atoms with Crippen LogP contribution in [0.15, 0.2) is 99.3 Å². The van der Waals surface area contributed by atoms with Crippen molar-refractivity contribution >= 4 is 45.6 Å². The molecule has 0 unspecified atom stereocenters. The molecule has 1 N–H and O–H groups in total. The highest BCUT2D eigenvalue weighted by molar-refractivity contribution is 6.42. The number of aromatic nitrogens is 3. The van der Waals surface area contributed by atoms with Gasteiger partial charge in [-0.3, -0.25) is 14.2 Å². The number of rotatable bonds is 4. The summed E-state index contributed by atoms with van der Waals surface area (Å²) in [6.45, 7) is 0. The number of aryl methyl sites for hydroxylation is 1. The van der Waals surface area contributed by atoms with Crippen LogP contribution in [0.5, 0.6) is 0 Å². The molecule has 0 saturated heterocycles. The molecule has 174 valence electrons. The van der Waals surface area contributed by atoms with Crippen LogP contribution in [0.1, 0.15) is 0 Å². The van der Waals surface area contributed by atoms with Gasteiger partial charge in [0.15, 0.2) is 0 Å². The van der Waals surface area contributed by atoms with Crippen molar-refractivity contribution in [3.63, 3.8) is 0 Å². The van der Waals surface area contributed by atoms with Gasteiger partial charge in [0.25, 0.3) is 11.1 Å². The number of para-hydroxylation sites is 2. The number of nitrogens with one attached hydrogen (secondary N) is 1. The van der Waals surface area contributed by atoms with Gasteiger partial charge in [-0.1, -0.05) is 59.6 Å². The zero-order chi connectivity index (χ0) is 24.7. The quantitative estimate of drug-likeness (QED) is 0.377. The summed E-state index contributed by atoms with van der Waals surface area (Å²) in [7, 11) is 1.53. The largest absolute Gasteiger partial charge is 0.355 e. The second kappa shape index (κ2) is 8.94. The predicted octanol–water partition coefficient (Wildman–Crippen LogP) is 4.89. The molecule has 0 atom stereocenters. The van der Waals surface area contributed by atoms with Crippen molar-refractivity contribution in [2.24, 2.45) is 7.05 Å². The standard InChI is InChI=1S/C26H18Cl2N4O3/c1-30-22(33)15-21(29-16-12-13-19(27)20(28)14-16)23-24(30)31(17-8-4-2-5-9-17)26(35)32(25(23)34)18-10-6-3-7-11-18/h2-15,29H,1H3. The molecule has 0 aliphatic heterocycles. The highest BCUT2D eigenvalue weighted by atomic mass is 35.5. The summed E-state index contributed by atoms with van der Waals surface area (Å²) in [6.07, 6.45) is 0. The first kappa shape index (κ1) is 22.7. The van der Waals surface area contributed by atoms with Gasteiger partial charge < -0.3 is 5.32 Å². The average molecular weight is 505 g/mol. The van der Waals surface area contributed by atoms with E-state index in [-0.39, 0.29) is 16.7 Å². The number of halogens is 2. The van der Waals surface area contributed by atoms with Crippen LogP contribution in [-0.2, 0) is 7.05 Å². The molecule has 5 rings (SSSR count). The second-order valence-corrected chi connectivity index (χ2v) is 8.65. The molecule has 0 saturated carbocycles. The number of nitrogens with zero attached hydrogens (tertiary/aromatic N) is 3. The number of fused-ring (bicyclic) bond motifs is 1. The van der Waals surface area contributed by atoms with E-state index >= 15 is 0 Å². The summed E-state index contributed by atoms with van der Waals surface area (Å²) >= 11 is 12.2. The van der Waals surface area contributed by atoms with E-state index < -0.39 is 16.8 Å². The Morgan fingerprint density at radius 2 is 1.31 bits per heavy atom. The van der Waals surface area contributed by atoms with Crippen LogP contribution in [0.25, 0.3) is 22.4 Å². The molecule has 2 heterocycles. The van der Waals surface area contributed by atoms with E-state index in [2.05, 4.69) is 5.32 Å². The summed E-state index contributed by atoms with van der Waals surface area (Å²) in [6, 6.07) is 23.7. The summed E-state index contributed by atoms with van der Waals surface area (Å²) in [5.41, 5.74) is 0.271. The number of hydrogen-bond acceptors (Lipinski definition) is 4. The lowest BCUT2D eigenvalue weighted by atomic mass is 10.2. The van der Waals surface area contributed by atoms with Crippen molar-refractivity contribution in [2.75, 3.05) is 5.32 Å². The van der Waals surface area contributed by atoms with E-state index in [1.54, 1.807) is 72.8 Å². The first-order valence-corrected chi connectivity index (χ1v) is 11.4. The third-order valence-corrected chi connectivity index (χ3v) is 6.39. The van der Waals surface area contributed by atoms with Crippen LogP contribution < -0.4 is 22.1 Å². The number of pyridine rings is 1. The van der Waals surface area contributed by atoms with Crippen molar-refractivity contribution in [1.82, 2.24) is 13.7 Å². The normalized spacial score (nSPS) is 11.1. The summed E-state index contributed by atoms with van der Waals surface area (Å²) in [4.78, 5) is 40.6. The number of anilines is 2. The SMILES string of the molecule is Cn1c(=O)cc(Nc2ccc(Cl)c(Cl)c2)c2c(=O)n(-c3ccccc3)c(=O)n(-c3ccccc3)c21. The number of benzene rings is 3. The number of hydrogen-bond donors (Lipinski definition) is 1. The van der Waals surface area contributed by atoms with Crippen LogP contribution in [0, 0.1) is 0 Å². The maximum absolute atomic E-state index is 13.9. The maximum atomic E-state index is 13.9. The summed E-state index contributed by atoms with van der Waals surface area (Å²) in [5, 5.41) is 3.96. The van der Waals surface area contributed by atoms with Gasteiger partial charge in [-0.05, 0) is 42.5 Å².